The SMILES string of the molecule is CC(C)(C)C(O)O.CC(C)(C)C(O)O.CC(C)(C)C(O)O.CC(C)(C)C(O)O.CC(C)(C)C(O)O.CC(C)(C)C(O)O.CC(C)(C)C(O)O.CC(C)(C)C(O)O.CC(C)(C)C(O)O.CC(C)(C)C(O)O.O.O.[Mn].[Mn].[Mn].[Mn].[Mn].[Mn].c1cn[n-]c1.c1cn[n-]c1.c1cn[n-]c1.c1cn[n-]c1. The zero-order chi connectivity index (χ0) is 74.9. The van der Waals surface area contributed by atoms with Crippen LogP contribution in [0.5, 0.6) is 0 Å². The van der Waals surface area contributed by atoms with Gasteiger partial charge in [-0.3, -0.25) is 0 Å². The zero-order valence-electron chi connectivity index (χ0n) is 63.5. The molecule has 0 spiro atoms. The molecule has 0 bridgehead atoms. The Morgan fingerprint density at radius 1 is 0.184 bits per heavy atom. The normalized spacial score (nSPS) is 10.8. The molecule has 4 rings (SSSR count). The van der Waals surface area contributed by atoms with E-state index in [4.69, 9.17) is 102 Å². The van der Waals surface area contributed by atoms with Gasteiger partial charge in [-0.15, -0.1) is 0 Å². The second kappa shape index (κ2) is 73.0. The third-order valence-corrected chi connectivity index (χ3v) is 9.23. The van der Waals surface area contributed by atoms with Crippen LogP contribution in [-0.2, 0) is 102 Å². The Labute approximate surface area is 650 Å². The number of aliphatic hydroxyl groups excluding tert-OH is 10. The second-order valence-electron chi connectivity index (χ2n) is 30.3. The summed E-state index contributed by atoms with van der Waals surface area (Å²) < 4.78 is 0. The molecule has 4 aromatic rings. The maximum atomic E-state index is 8.44. The summed E-state index contributed by atoms with van der Waals surface area (Å²) in [6, 6.07) is 7.11. The molecule has 24 N–H and O–H groups in total. The van der Waals surface area contributed by atoms with E-state index >= 15 is 0 Å². The van der Waals surface area contributed by atoms with E-state index < -0.39 is 62.9 Å². The van der Waals surface area contributed by atoms with Crippen molar-refractivity contribution in [2.75, 3.05) is 0 Å². The van der Waals surface area contributed by atoms with Gasteiger partial charge in [0, 0.05) is 181 Å². The van der Waals surface area contributed by atoms with Gasteiger partial charge in [-0.1, -0.05) is 232 Å². The molecule has 4 aromatic heterocycles. The van der Waals surface area contributed by atoms with Gasteiger partial charge in [0.2, 0.25) is 0 Å². The van der Waals surface area contributed by atoms with E-state index in [1.807, 2.05) is 0 Å². The summed E-state index contributed by atoms with van der Waals surface area (Å²) in [5, 5.41) is 197. The first kappa shape index (κ1) is 143. The molecule has 30 nitrogen and oxygen atoms in total. The molecule has 0 atom stereocenters. The summed E-state index contributed by atoms with van der Waals surface area (Å²) in [5.74, 6) is 0. The van der Waals surface area contributed by atoms with Crippen LogP contribution in [0, 0.1) is 54.1 Å². The molecular formula is C62H136Mn6N8O22-4. The molecule has 0 aliphatic heterocycles. The van der Waals surface area contributed by atoms with Gasteiger partial charge >= 0.3 is 0 Å². The van der Waals surface area contributed by atoms with Crippen molar-refractivity contribution in [1.29, 1.82) is 0 Å². The van der Waals surface area contributed by atoms with Gasteiger partial charge in [0.1, 0.15) is 0 Å². The number of rotatable bonds is 0. The fraction of sp³-hybridized carbons (Fsp3) is 0.806. The first-order chi connectivity index (χ1) is 39.4. The number of nitrogens with zero attached hydrogens (tertiary/aromatic N) is 8. The first-order valence-corrected chi connectivity index (χ1v) is 28.6. The van der Waals surface area contributed by atoms with Crippen LogP contribution in [0.25, 0.3) is 0 Å². The molecule has 0 unspecified atom stereocenters. The molecule has 36 heteroatoms. The van der Waals surface area contributed by atoms with Gasteiger partial charge in [-0.25, -0.2) is 0 Å². The fourth-order valence-corrected chi connectivity index (χ4v) is 0.770. The third-order valence-electron chi connectivity index (χ3n) is 9.23. The van der Waals surface area contributed by atoms with Gasteiger partial charge in [-0.2, -0.15) is 24.8 Å². The van der Waals surface area contributed by atoms with E-state index in [9.17, 15) is 0 Å². The van der Waals surface area contributed by atoms with E-state index in [0.29, 0.717) is 0 Å². The Morgan fingerprint density at radius 2 is 0.245 bits per heavy atom. The summed E-state index contributed by atoms with van der Waals surface area (Å²) in [7, 11) is 0. The second-order valence-corrected chi connectivity index (χ2v) is 30.3. The first-order valence-electron chi connectivity index (χ1n) is 28.6. The molecule has 98 heavy (non-hydrogen) atoms. The number of aromatic nitrogens is 8. The molecular weight excluding hydrogens is 1540 g/mol. The van der Waals surface area contributed by atoms with Gasteiger partial charge in [0.25, 0.3) is 0 Å². The van der Waals surface area contributed by atoms with Gasteiger partial charge in [0.05, 0.1) is 0 Å². The summed E-state index contributed by atoms with van der Waals surface area (Å²) in [6.45, 7) is 52.8. The molecule has 4 heterocycles. The molecule has 6 radical (unpaired) electrons. The van der Waals surface area contributed by atoms with Crippen LogP contribution in [-0.4, -0.2) is 196 Å². The minimum absolute atomic E-state index is 0. The van der Waals surface area contributed by atoms with Crippen molar-refractivity contribution in [2.45, 2.75) is 271 Å². The Kier molecular flexibility index (Phi) is 107. The Bertz CT molecular complexity index is 1500. The molecule has 0 saturated carbocycles. The van der Waals surface area contributed by atoms with Crippen LogP contribution >= 0.6 is 0 Å². The molecule has 0 aliphatic carbocycles. The van der Waals surface area contributed by atoms with Crippen molar-refractivity contribution in [2.24, 2.45) is 54.1 Å². The minimum atomic E-state index is -1.20. The van der Waals surface area contributed by atoms with E-state index in [-0.39, 0.29) is 168 Å². The Morgan fingerprint density at radius 3 is 0.255 bits per heavy atom. The quantitative estimate of drug-likeness (QED) is 0.0883. The number of hydrogen-bond donors (Lipinski definition) is 20. The average molecular weight is 1680 g/mol. The topological polar surface area (TPSA) is 576 Å². The van der Waals surface area contributed by atoms with E-state index in [1.54, 1.807) is 282 Å². The van der Waals surface area contributed by atoms with E-state index in [0.717, 1.165) is 0 Å². The fourth-order valence-electron chi connectivity index (χ4n) is 0.770. The van der Waals surface area contributed by atoms with Crippen LogP contribution < -0.4 is 20.4 Å². The van der Waals surface area contributed by atoms with Gasteiger partial charge in [-0.05, 0) is 0 Å². The Hall–Kier alpha value is -0.923. The van der Waals surface area contributed by atoms with Crippen LogP contribution in [0.2, 0.25) is 0 Å². The largest absolute Gasteiger partial charge is 0.582 e. The van der Waals surface area contributed by atoms with Crippen LogP contribution in [0.3, 0.4) is 0 Å². The van der Waals surface area contributed by atoms with Crippen molar-refractivity contribution in [3.63, 3.8) is 0 Å². The smallest absolute Gasteiger partial charge is 0.156 e. The van der Waals surface area contributed by atoms with Crippen LogP contribution in [0.15, 0.2) is 73.8 Å². The summed E-state index contributed by atoms with van der Waals surface area (Å²) in [6.07, 6.45) is 1.10. The number of hydrogen-bond acceptors (Lipinski definition) is 24. The molecule has 0 aliphatic rings. The number of aliphatic hydroxyl groups is 20. The van der Waals surface area contributed by atoms with Crippen LogP contribution in [0.4, 0.5) is 0 Å². The molecule has 0 amide bonds. The van der Waals surface area contributed by atoms with E-state index in [1.165, 1.54) is 0 Å². The maximum Gasteiger partial charge on any atom is 0.156 e. The van der Waals surface area contributed by atoms with Crippen molar-refractivity contribution >= 4 is 0 Å². The molecule has 0 saturated heterocycles. The third kappa shape index (κ3) is 135. The predicted octanol–water partition coefficient (Wildman–Crippen LogP) is 1.92. The summed E-state index contributed by atoms with van der Waals surface area (Å²) >= 11 is 0. The minimum Gasteiger partial charge on any atom is -0.582 e. The molecule has 0 fully saturated rings. The Balaban J connectivity index is -0.0000000437. The van der Waals surface area contributed by atoms with Crippen molar-refractivity contribution in [1.82, 2.24) is 40.8 Å². The molecule has 0 aromatic carbocycles. The monoisotopic (exact) mass is 1670 g/mol. The van der Waals surface area contributed by atoms with Crippen molar-refractivity contribution in [3.05, 3.63) is 73.8 Å². The standard InChI is InChI=1S/10C5H12O2.4C3H3N2.6Mn.2H2O/c10*1-5(2,3)4(6)7;4*1-2-4-5-3-1;;;;;;;;/h10*4,6-7H,1-3H3;4*1-3H;;;;;;;2*1H2/q;;;;;;;;;;4*-1;;;;;;;;. The zero-order valence-corrected chi connectivity index (χ0v) is 70.6. The summed E-state index contributed by atoms with van der Waals surface area (Å²) in [4.78, 5) is 0. The van der Waals surface area contributed by atoms with Crippen molar-refractivity contribution in [3.8, 4) is 0 Å². The predicted molar refractivity (Wildman–Crippen MR) is 354 cm³/mol. The van der Waals surface area contributed by atoms with Gasteiger partial charge < -0.3 is 154 Å². The molecule has 602 valence electrons. The average Bonchev–Trinajstić information content (AvgIpc) is 4.19. The van der Waals surface area contributed by atoms with E-state index in [2.05, 4.69) is 40.8 Å². The summed E-state index contributed by atoms with van der Waals surface area (Å²) in [5.41, 5.74) is -3.89. The van der Waals surface area contributed by atoms with Crippen LogP contribution in [0.1, 0.15) is 208 Å². The van der Waals surface area contributed by atoms with Crippen molar-refractivity contribution < 1.29 is 215 Å². The maximum absolute atomic E-state index is 8.44. The van der Waals surface area contributed by atoms with Gasteiger partial charge in [0.15, 0.2) is 62.9 Å².